The molecule has 98 valence electrons. The quantitative estimate of drug-likeness (QED) is 0.842. The van der Waals surface area contributed by atoms with Crippen molar-refractivity contribution in [3.8, 4) is 5.88 Å². The van der Waals surface area contributed by atoms with Gasteiger partial charge in [-0.05, 0) is 44.7 Å². The number of carbonyl (C=O) groups excluding carboxylic acids is 1. The summed E-state index contributed by atoms with van der Waals surface area (Å²) in [5, 5.41) is 5.70. The summed E-state index contributed by atoms with van der Waals surface area (Å²) in [6, 6.07) is 3.56. The van der Waals surface area contributed by atoms with Crippen LogP contribution in [0.4, 0.5) is 10.5 Å². The number of amides is 2. The standard InChI is InChI=1S/C13H19N3O2/c1-3-18-12-11(5-4-8-14-12)16-13(17)15-9(2)10-6-7-10/h4-5,8-10H,3,6-7H2,1-2H3,(H2,15,16,17). The Kier molecular flexibility index (Phi) is 4.02. The van der Waals surface area contributed by atoms with Gasteiger partial charge in [-0.2, -0.15) is 0 Å². The highest BCUT2D eigenvalue weighted by molar-refractivity contribution is 5.90. The van der Waals surface area contributed by atoms with Crippen molar-refractivity contribution in [3.05, 3.63) is 18.3 Å². The van der Waals surface area contributed by atoms with Gasteiger partial charge in [-0.3, -0.25) is 0 Å². The number of carbonyl (C=O) groups is 1. The van der Waals surface area contributed by atoms with Crippen molar-refractivity contribution in [1.82, 2.24) is 10.3 Å². The number of anilines is 1. The zero-order chi connectivity index (χ0) is 13.0. The molecule has 1 heterocycles. The van der Waals surface area contributed by atoms with Crippen molar-refractivity contribution in [3.63, 3.8) is 0 Å². The average Bonchev–Trinajstić information content (AvgIpc) is 3.15. The molecular weight excluding hydrogens is 230 g/mol. The Morgan fingerprint density at radius 1 is 1.61 bits per heavy atom. The van der Waals surface area contributed by atoms with Crippen molar-refractivity contribution < 1.29 is 9.53 Å². The fraction of sp³-hybridized carbons (Fsp3) is 0.538. The van der Waals surface area contributed by atoms with Crippen LogP contribution in [0.25, 0.3) is 0 Å². The topological polar surface area (TPSA) is 63.2 Å². The SMILES string of the molecule is CCOc1ncccc1NC(=O)NC(C)C1CC1. The van der Waals surface area contributed by atoms with Crippen LogP contribution in [0.15, 0.2) is 18.3 Å². The molecule has 2 rings (SSSR count). The van der Waals surface area contributed by atoms with Gasteiger partial charge in [0.2, 0.25) is 5.88 Å². The summed E-state index contributed by atoms with van der Waals surface area (Å²) in [6.45, 7) is 4.43. The molecule has 0 spiro atoms. The van der Waals surface area contributed by atoms with E-state index in [4.69, 9.17) is 4.74 Å². The Labute approximate surface area is 107 Å². The lowest BCUT2D eigenvalue weighted by molar-refractivity contribution is 0.247. The van der Waals surface area contributed by atoms with E-state index < -0.39 is 0 Å². The highest BCUT2D eigenvalue weighted by atomic mass is 16.5. The van der Waals surface area contributed by atoms with E-state index in [2.05, 4.69) is 15.6 Å². The second-order valence-electron chi connectivity index (χ2n) is 4.51. The Hall–Kier alpha value is -1.78. The zero-order valence-corrected chi connectivity index (χ0v) is 10.8. The Balaban J connectivity index is 1.93. The van der Waals surface area contributed by atoms with Crippen molar-refractivity contribution in [2.45, 2.75) is 32.7 Å². The predicted molar refractivity (Wildman–Crippen MR) is 69.7 cm³/mol. The second-order valence-corrected chi connectivity index (χ2v) is 4.51. The first kappa shape index (κ1) is 12.7. The maximum absolute atomic E-state index is 11.8. The lowest BCUT2D eigenvalue weighted by Gasteiger charge is -2.15. The third-order valence-corrected chi connectivity index (χ3v) is 2.99. The first-order valence-electron chi connectivity index (χ1n) is 6.36. The van der Waals surface area contributed by atoms with Crippen LogP contribution in [0, 0.1) is 5.92 Å². The van der Waals surface area contributed by atoms with Crippen LogP contribution >= 0.6 is 0 Å². The summed E-state index contributed by atoms with van der Waals surface area (Å²) in [4.78, 5) is 15.9. The molecule has 5 heteroatoms. The van der Waals surface area contributed by atoms with Crippen LogP contribution in [0.1, 0.15) is 26.7 Å². The van der Waals surface area contributed by atoms with Gasteiger partial charge in [0, 0.05) is 12.2 Å². The largest absolute Gasteiger partial charge is 0.476 e. The number of rotatable bonds is 5. The van der Waals surface area contributed by atoms with Crippen molar-refractivity contribution in [2.24, 2.45) is 5.92 Å². The molecule has 1 saturated carbocycles. The molecule has 1 unspecified atom stereocenters. The van der Waals surface area contributed by atoms with Gasteiger partial charge in [-0.15, -0.1) is 0 Å². The summed E-state index contributed by atoms with van der Waals surface area (Å²) in [5.74, 6) is 1.09. The number of ether oxygens (including phenoxy) is 1. The van der Waals surface area contributed by atoms with Crippen molar-refractivity contribution >= 4 is 11.7 Å². The van der Waals surface area contributed by atoms with Crippen LogP contribution in [-0.2, 0) is 0 Å². The number of nitrogens with zero attached hydrogens (tertiary/aromatic N) is 1. The van der Waals surface area contributed by atoms with Crippen LogP contribution in [-0.4, -0.2) is 23.7 Å². The van der Waals surface area contributed by atoms with Gasteiger partial charge in [-0.25, -0.2) is 9.78 Å². The molecule has 0 radical (unpaired) electrons. The minimum atomic E-state index is -0.205. The number of hydrogen-bond donors (Lipinski definition) is 2. The maximum Gasteiger partial charge on any atom is 0.319 e. The lowest BCUT2D eigenvalue weighted by Crippen LogP contribution is -2.37. The molecule has 2 amide bonds. The number of urea groups is 1. The van der Waals surface area contributed by atoms with Crippen molar-refractivity contribution in [1.29, 1.82) is 0 Å². The van der Waals surface area contributed by atoms with E-state index in [1.165, 1.54) is 12.8 Å². The van der Waals surface area contributed by atoms with E-state index in [9.17, 15) is 4.79 Å². The van der Waals surface area contributed by atoms with Gasteiger partial charge in [0.15, 0.2) is 0 Å². The van der Waals surface area contributed by atoms with Crippen LogP contribution in [0.2, 0.25) is 0 Å². The summed E-state index contributed by atoms with van der Waals surface area (Å²) in [7, 11) is 0. The molecule has 18 heavy (non-hydrogen) atoms. The van der Waals surface area contributed by atoms with Crippen molar-refractivity contribution in [2.75, 3.05) is 11.9 Å². The fourth-order valence-electron chi connectivity index (χ4n) is 1.82. The smallest absolute Gasteiger partial charge is 0.319 e. The molecule has 0 aromatic carbocycles. The molecule has 1 aromatic heterocycles. The summed E-state index contributed by atoms with van der Waals surface area (Å²) < 4.78 is 5.35. The minimum absolute atomic E-state index is 0.205. The van der Waals surface area contributed by atoms with Gasteiger partial charge >= 0.3 is 6.03 Å². The van der Waals surface area contributed by atoms with Gasteiger partial charge in [0.1, 0.15) is 5.69 Å². The summed E-state index contributed by atoms with van der Waals surface area (Å²) >= 11 is 0. The molecule has 1 aliphatic carbocycles. The number of hydrogen-bond acceptors (Lipinski definition) is 3. The Morgan fingerprint density at radius 3 is 3.06 bits per heavy atom. The Bertz CT molecular complexity index is 418. The van der Waals surface area contributed by atoms with Gasteiger partial charge < -0.3 is 15.4 Å². The van der Waals surface area contributed by atoms with E-state index in [-0.39, 0.29) is 12.1 Å². The number of pyridine rings is 1. The molecular formula is C13H19N3O2. The summed E-state index contributed by atoms with van der Waals surface area (Å²) in [6.07, 6.45) is 4.05. The zero-order valence-electron chi connectivity index (χ0n) is 10.8. The van der Waals surface area contributed by atoms with E-state index in [1.807, 2.05) is 13.8 Å². The maximum atomic E-state index is 11.8. The highest BCUT2D eigenvalue weighted by Crippen LogP contribution is 2.32. The molecule has 0 bridgehead atoms. The van der Waals surface area contributed by atoms with Crippen LogP contribution < -0.4 is 15.4 Å². The van der Waals surface area contributed by atoms with E-state index in [1.54, 1.807) is 18.3 Å². The van der Waals surface area contributed by atoms with Crippen LogP contribution in [0.3, 0.4) is 0 Å². The Morgan fingerprint density at radius 2 is 2.39 bits per heavy atom. The minimum Gasteiger partial charge on any atom is -0.476 e. The van der Waals surface area contributed by atoms with E-state index >= 15 is 0 Å². The van der Waals surface area contributed by atoms with Crippen LogP contribution in [0.5, 0.6) is 5.88 Å². The normalized spacial score (nSPS) is 15.9. The van der Waals surface area contributed by atoms with E-state index in [0.29, 0.717) is 24.1 Å². The van der Waals surface area contributed by atoms with Gasteiger partial charge in [-0.1, -0.05) is 0 Å². The third kappa shape index (κ3) is 3.35. The van der Waals surface area contributed by atoms with Gasteiger partial charge in [0.05, 0.1) is 6.61 Å². The number of aromatic nitrogens is 1. The molecule has 0 saturated heterocycles. The fourth-order valence-corrected chi connectivity index (χ4v) is 1.82. The van der Waals surface area contributed by atoms with E-state index in [0.717, 1.165) is 0 Å². The third-order valence-electron chi connectivity index (χ3n) is 2.99. The molecule has 1 atom stereocenters. The van der Waals surface area contributed by atoms with Gasteiger partial charge in [0.25, 0.3) is 0 Å². The molecule has 1 fully saturated rings. The first-order valence-corrected chi connectivity index (χ1v) is 6.36. The molecule has 1 aliphatic rings. The lowest BCUT2D eigenvalue weighted by atomic mass is 10.2. The second kappa shape index (κ2) is 5.71. The number of nitrogens with one attached hydrogen (secondary N) is 2. The monoisotopic (exact) mass is 249 g/mol. The first-order chi connectivity index (χ1) is 8.70. The molecule has 0 aliphatic heterocycles. The molecule has 1 aromatic rings. The molecule has 5 nitrogen and oxygen atoms in total. The summed E-state index contributed by atoms with van der Waals surface area (Å²) in [5.41, 5.74) is 0.597. The average molecular weight is 249 g/mol. The molecule has 2 N–H and O–H groups in total. The predicted octanol–water partition coefficient (Wildman–Crippen LogP) is 2.40. The highest BCUT2D eigenvalue weighted by Gasteiger charge is 2.28.